The van der Waals surface area contributed by atoms with Gasteiger partial charge in [-0.1, -0.05) is 35.5 Å². The summed E-state index contributed by atoms with van der Waals surface area (Å²) in [6, 6.07) is 13.3. The SMILES string of the molecule is Cc1cc(=O)c(C(=O)NCc2ccon2)c(CCc2ccccc2)n1CCN(C)C. The number of hydrogen-bond acceptors (Lipinski definition) is 5. The molecule has 30 heavy (non-hydrogen) atoms. The molecular formula is C23H28N4O3. The van der Waals surface area contributed by atoms with Gasteiger partial charge in [-0.3, -0.25) is 9.59 Å². The van der Waals surface area contributed by atoms with Crippen molar-refractivity contribution >= 4 is 5.91 Å². The monoisotopic (exact) mass is 408 g/mol. The molecule has 0 aliphatic carbocycles. The van der Waals surface area contributed by atoms with Gasteiger partial charge in [0.25, 0.3) is 5.91 Å². The van der Waals surface area contributed by atoms with Crippen molar-refractivity contribution in [2.75, 3.05) is 20.6 Å². The van der Waals surface area contributed by atoms with E-state index >= 15 is 0 Å². The molecule has 2 aromatic heterocycles. The summed E-state index contributed by atoms with van der Waals surface area (Å²) in [7, 11) is 4.01. The van der Waals surface area contributed by atoms with Crippen LogP contribution in [0.3, 0.4) is 0 Å². The standard InChI is InChI=1S/C23H28N4O3/c1-17-15-21(28)22(23(29)24-16-19-11-14-30-25-19)20(27(17)13-12-26(2)3)10-9-18-7-5-4-6-8-18/h4-8,11,14-15H,9-10,12-13,16H2,1-3H3,(H,24,29). The number of pyridine rings is 1. The van der Waals surface area contributed by atoms with Gasteiger partial charge in [-0.2, -0.15) is 0 Å². The number of nitrogens with one attached hydrogen (secondary N) is 1. The second-order valence-electron chi connectivity index (χ2n) is 7.59. The van der Waals surface area contributed by atoms with Crippen LogP contribution in [0.15, 0.2) is 58.0 Å². The van der Waals surface area contributed by atoms with Gasteiger partial charge in [0.05, 0.1) is 6.54 Å². The molecule has 1 N–H and O–H groups in total. The average molecular weight is 409 g/mol. The first-order chi connectivity index (χ1) is 14.5. The maximum atomic E-state index is 13.0. The number of aromatic nitrogens is 2. The van der Waals surface area contributed by atoms with Crippen LogP contribution in [0.4, 0.5) is 0 Å². The van der Waals surface area contributed by atoms with E-state index < -0.39 is 0 Å². The van der Waals surface area contributed by atoms with E-state index in [2.05, 4.69) is 32.1 Å². The fraction of sp³-hybridized carbons (Fsp3) is 0.348. The first-order valence-corrected chi connectivity index (χ1v) is 10.0. The third-order valence-corrected chi connectivity index (χ3v) is 5.04. The molecule has 158 valence electrons. The fourth-order valence-corrected chi connectivity index (χ4v) is 3.44. The van der Waals surface area contributed by atoms with Gasteiger partial charge in [-0.05, 0) is 39.4 Å². The quantitative estimate of drug-likeness (QED) is 0.588. The lowest BCUT2D eigenvalue weighted by Crippen LogP contribution is -2.33. The average Bonchev–Trinajstić information content (AvgIpc) is 3.24. The number of hydrogen-bond donors (Lipinski definition) is 1. The topological polar surface area (TPSA) is 80.4 Å². The fourth-order valence-electron chi connectivity index (χ4n) is 3.44. The summed E-state index contributed by atoms with van der Waals surface area (Å²) in [5, 5.41) is 6.61. The Kier molecular flexibility index (Phi) is 7.19. The molecule has 1 amide bonds. The number of rotatable bonds is 9. The highest BCUT2D eigenvalue weighted by Gasteiger charge is 2.20. The van der Waals surface area contributed by atoms with Gasteiger partial charge in [-0.25, -0.2) is 0 Å². The Morgan fingerprint density at radius 2 is 1.93 bits per heavy atom. The molecule has 0 unspecified atom stereocenters. The van der Waals surface area contributed by atoms with Crippen molar-refractivity contribution in [1.29, 1.82) is 0 Å². The number of carbonyl (C=O) groups is 1. The highest BCUT2D eigenvalue weighted by atomic mass is 16.5. The third-order valence-electron chi connectivity index (χ3n) is 5.04. The van der Waals surface area contributed by atoms with E-state index in [0.717, 1.165) is 24.4 Å². The second-order valence-corrected chi connectivity index (χ2v) is 7.59. The second kappa shape index (κ2) is 10.0. The van der Waals surface area contributed by atoms with Crippen LogP contribution in [0, 0.1) is 6.92 Å². The molecule has 7 heteroatoms. The Labute approximate surface area is 176 Å². The molecule has 3 rings (SSSR count). The van der Waals surface area contributed by atoms with Crippen LogP contribution in [-0.2, 0) is 25.9 Å². The van der Waals surface area contributed by atoms with Gasteiger partial charge in [0.15, 0.2) is 5.43 Å². The summed E-state index contributed by atoms with van der Waals surface area (Å²) in [5.74, 6) is -0.385. The maximum absolute atomic E-state index is 13.0. The Hall–Kier alpha value is -3.19. The van der Waals surface area contributed by atoms with Crippen LogP contribution >= 0.6 is 0 Å². The van der Waals surface area contributed by atoms with Crippen LogP contribution in [0.1, 0.15) is 33.0 Å². The number of benzene rings is 1. The van der Waals surface area contributed by atoms with E-state index in [9.17, 15) is 9.59 Å². The first kappa shape index (κ1) is 21.5. The molecule has 0 aliphatic heterocycles. The molecule has 0 saturated heterocycles. The van der Waals surface area contributed by atoms with Gasteiger partial charge in [-0.15, -0.1) is 0 Å². The zero-order valence-corrected chi connectivity index (χ0v) is 17.7. The lowest BCUT2D eigenvalue weighted by molar-refractivity contribution is 0.0947. The number of nitrogens with zero attached hydrogens (tertiary/aromatic N) is 3. The smallest absolute Gasteiger partial charge is 0.257 e. The normalized spacial score (nSPS) is 11.1. The highest BCUT2D eigenvalue weighted by Crippen LogP contribution is 2.14. The van der Waals surface area contributed by atoms with Gasteiger partial charge in [0, 0.05) is 36.6 Å². The van der Waals surface area contributed by atoms with E-state index in [1.54, 1.807) is 12.1 Å². The van der Waals surface area contributed by atoms with E-state index in [0.29, 0.717) is 18.7 Å². The van der Waals surface area contributed by atoms with Crippen LogP contribution < -0.4 is 10.7 Å². The van der Waals surface area contributed by atoms with Crippen molar-refractivity contribution in [1.82, 2.24) is 19.9 Å². The van der Waals surface area contributed by atoms with Crippen molar-refractivity contribution in [3.8, 4) is 0 Å². The van der Waals surface area contributed by atoms with Crippen LogP contribution in [0.2, 0.25) is 0 Å². The Bertz CT molecular complexity index is 1020. The van der Waals surface area contributed by atoms with Gasteiger partial charge in [0.2, 0.25) is 0 Å². The minimum atomic E-state index is -0.385. The third kappa shape index (κ3) is 5.45. The molecule has 7 nitrogen and oxygen atoms in total. The van der Waals surface area contributed by atoms with E-state index in [1.807, 2.05) is 39.2 Å². The van der Waals surface area contributed by atoms with E-state index in [1.165, 1.54) is 11.8 Å². The molecular weight excluding hydrogens is 380 g/mol. The molecule has 0 bridgehead atoms. The summed E-state index contributed by atoms with van der Waals surface area (Å²) in [4.78, 5) is 27.9. The molecule has 2 heterocycles. The predicted molar refractivity (Wildman–Crippen MR) is 116 cm³/mol. The minimum absolute atomic E-state index is 0.207. The number of carbonyl (C=O) groups excluding carboxylic acids is 1. The van der Waals surface area contributed by atoms with E-state index in [-0.39, 0.29) is 23.4 Å². The van der Waals surface area contributed by atoms with Gasteiger partial charge >= 0.3 is 0 Å². The Balaban J connectivity index is 1.94. The Morgan fingerprint density at radius 1 is 1.17 bits per heavy atom. The summed E-state index contributed by atoms with van der Waals surface area (Å²) in [5.41, 5.74) is 3.35. The lowest BCUT2D eigenvalue weighted by atomic mass is 10.0. The van der Waals surface area contributed by atoms with Crippen molar-refractivity contribution in [3.05, 3.63) is 87.2 Å². The summed E-state index contributed by atoms with van der Waals surface area (Å²) in [6.45, 7) is 3.63. The molecule has 3 aromatic rings. The number of amides is 1. The van der Waals surface area contributed by atoms with Crippen molar-refractivity contribution < 1.29 is 9.32 Å². The molecule has 0 fully saturated rings. The first-order valence-electron chi connectivity index (χ1n) is 10.0. The molecule has 0 radical (unpaired) electrons. The number of likely N-dealkylation sites (N-methyl/N-ethyl adjacent to an activating group) is 1. The van der Waals surface area contributed by atoms with E-state index in [4.69, 9.17) is 4.52 Å². The van der Waals surface area contributed by atoms with Crippen LogP contribution in [0.25, 0.3) is 0 Å². The molecule has 0 atom stereocenters. The summed E-state index contributed by atoms with van der Waals surface area (Å²) >= 11 is 0. The van der Waals surface area contributed by atoms with Crippen LogP contribution in [-0.4, -0.2) is 41.2 Å². The van der Waals surface area contributed by atoms with Crippen LogP contribution in [0.5, 0.6) is 0 Å². The zero-order chi connectivity index (χ0) is 21.5. The highest BCUT2D eigenvalue weighted by molar-refractivity contribution is 5.95. The summed E-state index contributed by atoms with van der Waals surface area (Å²) in [6.07, 6.45) is 2.79. The van der Waals surface area contributed by atoms with Gasteiger partial charge < -0.3 is 19.3 Å². The maximum Gasteiger partial charge on any atom is 0.257 e. The van der Waals surface area contributed by atoms with Crippen molar-refractivity contribution in [2.45, 2.75) is 32.9 Å². The van der Waals surface area contributed by atoms with Crippen molar-refractivity contribution in [2.24, 2.45) is 0 Å². The molecule has 0 spiro atoms. The summed E-state index contributed by atoms with van der Waals surface area (Å²) < 4.78 is 6.90. The Morgan fingerprint density at radius 3 is 2.60 bits per heavy atom. The number of aryl methyl sites for hydroxylation is 2. The lowest BCUT2D eigenvalue weighted by Gasteiger charge is -2.21. The molecule has 0 saturated carbocycles. The largest absolute Gasteiger partial charge is 0.364 e. The van der Waals surface area contributed by atoms with Crippen molar-refractivity contribution in [3.63, 3.8) is 0 Å². The predicted octanol–water partition coefficient (Wildman–Crippen LogP) is 2.42. The zero-order valence-electron chi connectivity index (χ0n) is 17.7. The molecule has 1 aromatic carbocycles. The van der Waals surface area contributed by atoms with Gasteiger partial charge in [0.1, 0.15) is 17.5 Å². The molecule has 0 aliphatic rings. The minimum Gasteiger partial charge on any atom is -0.364 e.